The van der Waals surface area contributed by atoms with Crippen molar-refractivity contribution in [2.24, 2.45) is 11.7 Å². The van der Waals surface area contributed by atoms with Gasteiger partial charge in [0, 0.05) is 43.3 Å². The van der Waals surface area contributed by atoms with E-state index in [2.05, 4.69) is 0 Å². The Bertz CT molecular complexity index is 638. The first-order valence-corrected chi connectivity index (χ1v) is 9.41. The van der Waals surface area contributed by atoms with Gasteiger partial charge in [0.15, 0.2) is 0 Å². The van der Waals surface area contributed by atoms with E-state index >= 15 is 0 Å². The predicted octanol–water partition coefficient (Wildman–Crippen LogP) is 2.64. The Morgan fingerprint density at radius 3 is 2.75 bits per heavy atom. The van der Waals surface area contributed by atoms with Crippen molar-refractivity contribution in [2.45, 2.75) is 32.4 Å². The van der Waals surface area contributed by atoms with E-state index < -0.39 is 16.0 Å². The molecule has 138 valence electrons. The number of nitrogens with two attached hydrogens (primary N) is 1. The van der Waals surface area contributed by atoms with E-state index in [1.807, 2.05) is 6.92 Å². The molecule has 5 nitrogen and oxygen atoms in total. The molecule has 24 heavy (non-hydrogen) atoms. The molecule has 0 amide bonds. The van der Waals surface area contributed by atoms with E-state index in [1.165, 1.54) is 23.5 Å². The number of piperidine rings is 1. The lowest BCUT2D eigenvalue weighted by Crippen LogP contribution is -2.49. The summed E-state index contributed by atoms with van der Waals surface area (Å²) in [5, 5.41) is 0.221. The van der Waals surface area contributed by atoms with E-state index in [0.717, 1.165) is 17.1 Å². The molecule has 2 atom stereocenters. The predicted molar refractivity (Wildman–Crippen MR) is 97.0 cm³/mol. The van der Waals surface area contributed by atoms with Crippen molar-refractivity contribution in [1.29, 1.82) is 0 Å². The third-order valence-corrected chi connectivity index (χ3v) is 6.58. The Morgan fingerprint density at radius 1 is 1.50 bits per heavy atom. The quantitative estimate of drug-likeness (QED) is 0.827. The molecular formula is C15H24Cl2FN3O2S. The van der Waals surface area contributed by atoms with E-state index in [1.54, 1.807) is 6.07 Å². The van der Waals surface area contributed by atoms with Gasteiger partial charge >= 0.3 is 0 Å². The van der Waals surface area contributed by atoms with Crippen LogP contribution >= 0.6 is 24.0 Å². The summed E-state index contributed by atoms with van der Waals surface area (Å²) < 4.78 is 41.9. The number of rotatable bonds is 5. The van der Waals surface area contributed by atoms with Crippen LogP contribution in [0.4, 0.5) is 4.39 Å². The molecule has 0 saturated carbocycles. The largest absolute Gasteiger partial charge is 0.328 e. The first kappa shape index (κ1) is 21.6. The SMILES string of the molecule is CC(N)C1CCCN(S(=O)(=O)N(C)Cc2c(F)cccc2Cl)C1.Cl. The number of hydrogen-bond acceptors (Lipinski definition) is 3. The van der Waals surface area contributed by atoms with Gasteiger partial charge in [0.25, 0.3) is 10.2 Å². The van der Waals surface area contributed by atoms with Gasteiger partial charge < -0.3 is 5.73 Å². The fourth-order valence-electron chi connectivity index (χ4n) is 2.80. The Labute approximate surface area is 154 Å². The fourth-order valence-corrected chi connectivity index (χ4v) is 4.45. The second kappa shape index (κ2) is 8.78. The summed E-state index contributed by atoms with van der Waals surface area (Å²) in [5.41, 5.74) is 6.09. The Balaban J connectivity index is 0.00000288. The third kappa shape index (κ3) is 4.80. The van der Waals surface area contributed by atoms with Crippen LogP contribution in [0.15, 0.2) is 18.2 Å². The van der Waals surface area contributed by atoms with Gasteiger partial charge in [-0.05, 0) is 37.8 Å². The van der Waals surface area contributed by atoms with Crippen LogP contribution in [0.5, 0.6) is 0 Å². The zero-order chi connectivity index (χ0) is 17.2. The van der Waals surface area contributed by atoms with Crippen LogP contribution in [0, 0.1) is 11.7 Å². The highest BCUT2D eigenvalue weighted by Crippen LogP contribution is 2.25. The summed E-state index contributed by atoms with van der Waals surface area (Å²) in [7, 11) is -2.24. The Kier molecular flexibility index (Phi) is 7.90. The molecule has 1 aliphatic heterocycles. The van der Waals surface area contributed by atoms with Gasteiger partial charge in [0.2, 0.25) is 0 Å². The van der Waals surface area contributed by atoms with Crippen LogP contribution in [0.1, 0.15) is 25.3 Å². The van der Waals surface area contributed by atoms with E-state index in [4.69, 9.17) is 17.3 Å². The topological polar surface area (TPSA) is 66.6 Å². The average Bonchev–Trinajstić information content (AvgIpc) is 2.51. The van der Waals surface area contributed by atoms with Gasteiger partial charge in [-0.3, -0.25) is 0 Å². The zero-order valence-electron chi connectivity index (χ0n) is 13.8. The smallest absolute Gasteiger partial charge is 0.282 e. The molecule has 2 N–H and O–H groups in total. The molecule has 1 heterocycles. The van der Waals surface area contributed by atoms with Crippen LogP contribution in [-0.4, -0.2) is 43.2 Å². The lowest BCUT2D eigenvalue weighted by Gasteiger charge is -2.35. The van der Waals surface area contributed by atoms with Gasteiger partial charge in [0.1, 0.15) is 5.82 Å². The van der Waals surface area contributed by atoms with Crippen molar-refractivity contribution < 1.29 is 12.8 Å². The Hall–Kier alpha value is -0.440. The molecule has 1 aromatic rings. The van der Waals surface area contributed by atoms with Gasteiger partial charge in [-0.2, -0.15) is 17.0 Å². The second-order valence-electron chi connectivity index (χ2n) is 6.08. The molecule has 1 saturated heterocycles. The summed E-state index contributed by atoms with van der Waals surface area (Å²) in [5.74, 6) is -0.365. The second-order valence-corrected chi connectivity index (χ2v) is 8.53. The average molecular weight is 400 g/mol. The molecule has 0 aromatic heterocycles. The van der Waals surface area contributed by atoms with Crippen LogP contribution in [0.25, 0.3) is 0 Å². The van der Waals surface area contributed by atoms with Crippen LogP contribution in [0.2, 0.25) is 5.02 Å². The monoisotopic (exact) mass is 399 g/mol. The van der Waals surface area contributed by atoms with Crippen LogP contribution < -0.4 is 5.73 Å². The van der Waals surface area contributed by atoms with Gasteiger partial charge in [-0.15, -0.1) is 12.4 Å². The van der Waals surface area contributed by atoms with Crippen molar-refractivity contribution in [3.63, 3.8) is 0 Å². The molecule has 0 bridgehead atoms. The van der Waals surface area contributed by atoms with E-state index in [0.29, 0.717) is 13.1 Å². The van der Waals surface area contributed by atoms with Crippen molar-refractivity contribution in [3.8, 4) is 0 Å². The summed E-state index contributed by atoms with van der Waals surface area (Å²) in [6, 6.07) is 4.26. The fraction of sp³-hybridized carbons (Fsp3) is 0.600. The highest BCUT2D eigenvalue weighted by Gasteiger charge is 2.33. The number of hydrogen-bond donors (Lipinski definition) is 1. The molecule has 1 aromatic carbocycles. The number of benzene rings is 1. The van der Waals surface area contributed by atoms with Gasteiger partial charge in [-0.25, -0.2) is 4.39 Å². The number of halogens is 3. The van der Waals surface area contributed by atoms with Crippen molar-refractivity contribution >= 4 is 34.2 Å². The molecule has 2 rings (SSSR count). The standard InChI is InChI=1S/C15H23ClFN3O2S.ClH/c1-11(18)12-5-4-8-20(9-12)23(21,22)19(2)10-13-14(16)6-3-7-15(13)17;/h3,6-7,11-12H,4-5,8-10,18H2,1-2H3;1H. The maximum atomic E-state index is 13.9. The molecular weight excluding hydrogens is 376 g/mol. The summed E-state index contributed by atoms with van der Waals surface area (Å²) in [6.07, 6.45) is 1.70. The Morgan fingerprint density at radius 2 is 2.17 bits per heavy atom. The summed E-state index contributed by atoms with van der Waals surface area (Å²) in [6.45, 7) is 2.65. The molecule has 1 aliphatic rings. The third-order valence-electron chi connectivity index (χ3n) is 4.33. The molecule has 1 fully saturated rings. The number of nitrogens with zero attached hydrogens (tertiary/aromatic N) is 2. The summed E-state index contributed by atoms with van der Waals surface area (Å²) in [4.78, 5) is 0. The minimum atomic E-state index is -3.67. The minimum Gasteiger partial charge on any atom is -0.328 e. The first-order chi connectivity index (χ1) is 10.7. The first-order valence-electron chi connectivity index (χ1n) is 7.63. The van der Waals surface area contributed by atoms with E-state index in [-0.39, 0.29) is 41.5 Å². The molecule has 9 heteroatoms. The molecule has 0 spiro atoms. The van der Waals surface area contributed by atoms with Crippen molar-refractivity contribution in [2.75, 3.05) is 20.1 Å². The van der Waals surface area contributed by atoms with Crippen molar-refractivity contribution in [1.82, 2.24) is 8.61 Å². The highest BCUT2D eigenvalue weighted by molar-refractivity contribution is 7.86. The molecule has 0 radical (unpaired) electrons. The minimum absolute atomic E-state index is 0. The lowest BCUT2D eigenvalue weighted by atomic mass is 9.93. The van der Waals surface area contributed by atoms with Crippen LogP contribution in [0.3, 0.4) is 0 Å². The maximum Gasteiger partial charge on any atom is 0.282 e. The maximum absolute atomic E-state index is 13.9. The van der Waals surface area contributed by atoms with Gasteiger partial charge in [-0.1, -0.05) is 17.7 Å². The van der Waals surface area contributed by atoms with Gasteiger partial charge in [0.05, 0.1) is 0 Å². The molecule has 2 unspecified atom stereocenters. The van der Waals surface area contributed by atoms with Crippen molar-refractivity contribution in [3.05, 3.63) is 34.6 Å². The zero-order valence-corrected chi connectivity index (χ0v) is 16.2. The lowest BCUT2D eigenvalue weighted by molar-refractivity contribution is 0.230. The summed E-state index contributed by atoms with van der Waals surface area (Å²) >= 11 is 5.98. The molecule has 0 aliphatic carbocycles. The van der Waals surface area contributed by atoms with Crippen LogP contribution in [-0.2, 0) is 16.8 Å². The highest BCUT2D eigenvalue weighted by atomic mass is 35.5. The van der Waals surface area contributed by atoms with E-state index in [9.17, 15) is 12.8 Å². The normalized spacial score (nSPS) is 20.7.